The lowest BCUT2D eigenvalue weighted by atomic mass is 10.1. The van der Waals surface area contributed by atoms with Gasteiger partial charge >= 0.3 is 12.1 Å². The van der Waals surface area contributed by atoms with E-state index in [1.54, 1.807) is 11.3 Å². The SMILES string of the molecule is CCCc1cc2c(N3CCn4c(nnc4C(F)(F)F)C3)nc(N3CC[C@@H](C(=O)OC)C3)nc2s1. The summed E-state index contributed by atoms with van der Waals surface area (Å²) in [6, 6.07) is 2.07. The molecule has 0 aromatic carbocycles. The van der Waals surface area contributed by atoms with Crippen molar-refractivity contribution in [1.29, 1.82) is 0 Å². The van der Waals surface area contributed by atoms with Crippen molar-refractivity contribution in [2.75, 3.05) is 36.5 Å². The van der Waals surface area contributed by atoms with E-state index in [-0.39, 0.29) is 30.8 Å². The Morgan fingerprint density at radius 3 is 2.76 bits per heavy atom. The second-order valence-corrected chi connectivity index (χ2v) is 9.61. The Morgan fingerprint density at radius 2 is 2.03 bits per heavy atom. The van der Waals surface area contributed by atoms with Gasteiger partial charge in [-0.2, -0.15) is 18.2 Å². The molecule has 2 aliphatic rings. The first-order chi connectivity index (χ1) is 16.3. The maximum absolute atomic E-state index is 13.3. The van der Waals surface area contributed by atoms with E-state index in [9.17, 15) is 18.0 Å². The summed E-state index contributed by atoms with van der Waals surface area (Å²) in [6.07, 6.45) is -1.99. The Morgan fingerprint density at radius 1 is 1.21 bits per heavy atom. The van der Waals surface area contributed by atoms with E-state index in [1.807, 2.05) is 9.80 Å². The molecule has 34 heavy (non-hydrogen) atoms. The van der Waals surface area contributed by atoms with Gasteiger partial charge in [-0.3, -0.25) is 4.79 Å². The second kappa shape index (κ2) is 8.67. The molecular weight excluding hydrogens is 471 g/mol. The van der Waals surface area contributed by atoms with Gasteiger partial charge in [-0.1, -0.05) is 13.3 Å². The third-order valence-corrected chi connectivity index (χ3v) is 7.31. The molecule has 3 aromatic rings. The van der Waals surface area contributed by atoms with Crippen molar-refractivity contribution in [3.8, 4) is 0 Å². The van der Waals surface area contributed by atoms with Crippen LogP contribution in [0.4, 0.5) is 24.9 Å². The number of carbonyl (C=O) groups is 1. The highest BCUT2D eigenvalue weighted by Gasteiger charge is 2.40. The van der Waals surface area contributed by atoms with Crippen molar-refractivity contribution >= 4 is 39.3 Å². The monoisotopic (exact) mass is 495 g/mol. The molecule has 0 amide bonds. The number of hydrogen-bond donors (Lipinski definition) is 0. The van der Waals surface area contributed by atoms with Gasteiger partial charge in [0.05, 0.1) is 25.0 Å². The molecule has 1 fully saturated rings. The summed E-state index contributed by atoms with van der Waals surface area (Å²) in [7, 11) is 1.38. The minimum absolute atomic E-state index is 0.109. The Kier molecular flexibility index (Phi) is 5.82. The van der Waals surface area contributed by atoms with Crippen molar-refractivity contribution < 1.29 is 22.7 Å². The average molecular weight is 496 g/mol. The minimum Gasteiger partial charge on any atom is -0.469 e. The van der Waals surface area contributed by atoms with E-state index in [2.05, 4.69) is 23.2 Å². The smallest absolute Gasteiger partial charge is 0.451 e. The highest BCUT2D eigenvalue weighted by atomic mass is 32.1. The predicted molar refractivity (Wildman–Crippen MR) is 120 cm³/mol. The summed E-state index contributed by atoms with van der Waals surface area (Å²) < 4.78 is 45.8. The lowest BCUT2D eigenvalue weighted by Gasteiger charge is -2.30. The second-order valence-electron chi connectivity index (χ2n) is 8.49. The largest absolute Gasteiger partial charge is 0.469 e. The Bertz CT molecular complexity index is 1230. The van der Waals surface area contributed by atoms with Crippen LogP contribution in [0.5, 0.6) is 0 Å². The van der Waals surface area contributed by atoms with Gasteiger partial charge in [-0.25, -0.2) is 4.98 Å². The molecule has 0 radical (unpaired) electrons. The number of alkyl halides is 3. The van der Waals surface area contributed by atoms with Crippen LogP contribution in [0.2, 0.25) is 0 Å². The number of rotatable bonds is 5. The summed E-state index contributed by atoms with van der Waals surface area (Å²) in [5, 5.41) is 8.06. The minimum atomic E-state index is -4.54. The molecule has 5 rings (SSSR count). The molecule has 0 aliphatic carbocycles. The lowest BCUT2D eigenvalue weighted by Crippen LogP contribution is -2.36. The number of anilines is 2. The van der Waals surface area contributed by atoms with Crippen molar-refractivity contribution in [2.24, 2.45) is 5.92 Å². The molecular formula is C21H24F3N7O2S. The fraction of sp³-hybridized carbons (Fsp3) is 0.571. The lowest BCUT2D eigenvalue weighted by molar-refractivity contribution is -0.147. The normalized spacial score (nSPS) is 18.6. The maximum Gasteiger partial charge on any atom is 0.451 e. The molecule has 2 aliphatic heterocycles. The van der Waals surface area contributed by atoms with Gasteiger partial charge in [0.2, 0.25) is 11.8 Å². The number of aromatic nitrogens is 5. The molecule has 3 aromatic heterocycles. The summed E-state index contributed by atoms with van der Waals surface area (Å²) in [4.78, 5) is 27.5. The van der Waals surface area contributed by atoms with E-state index >= 15 is 0 Å². The van der Waals surface area contributed by atoms with Gasteiger partial charge in [-0.15, -0.1) is 21.5 Å². The summed E-state index contributed by atoms with van der Waals surface area (Å²) in [5.41, 5.74) is 0. The number of nitrogens with zero attached hydrogens (tertiary/aromatic N) is 7. The number of halogens is 3. The zero-order chi connectivity index (χ0) is 24.0. The number of fused-ring (bicyclic) bond motifs is 2. The number of hydrogen-bond acceptors (Lipinski definition) is 9. The molecule has 0 N–H and O–H groups in total. The molecule has 9 nitrogen and oxygen atoms in total. The van der Waals surface area contributed by atoms with Crippen LogP contribution in [0.25, 0.3) is 10.2 Å². The Balaban J connectivity index is 1.51. The van der Waals surface area contributed by atoms with Crippen molar-refractivity contribution in [3.05, 3.63) is 22.6 Å². The first-order valence-electron chi connectivity index (χ1n) is 11.2. The van der Waals surface area contributed by atoms with E-state index in [0.717, 1.165) is 27.6 Å². The summed E-state index contributed by atoms with van der Waals surface area (Å²) in [6.45, 7) is 3.81. The van der Waals surface area contributed by atoms with E-state index in [1.165, 1.54) is 12.0 Å². The topological polar surface area (TPSA) is 89.3 Å². The van der Waals surface area contributed by atoms with Crippen LogP contribution in [0, 0.1) is 5.92 Å². The van der Waals surface area contributed by atoms with Crippen molar-refractivity contribution in [2.45, 2.75) is 45.5 Å². The maximum atomic E-state index is 13.3. The van der Waals surface area contributed by atoms with Crippen molar-refractivity contribution in [3.63, 3.8) is 0 Å². The molecule has 0 unspecified atom stereocenters. The molecule has 1 saturated heterocycles. The highest BCUT2D eigenvalue weighted by molar-refractivity contribution is 7.18. The van der Waals surface area contributed by atoms with Gasteiger partial charge in [0.15, 0.2) is 5.82 Å². The highest BCUT2D eigenvalue weighted by Crippen LogP contribution is 2.36. The van der Waals surface area contributed by atoms with Crippen LogP contribution in [0.1, 0.15) is 36.3 Å². The van der Waals surface area contributed by atoms with Crippen LogP contribution < -0.4 is 9.80 Å². The molecule has 0 saturated carbocycles. The first-order valence-corrected chi connectivity index (χ1v) is 12.0. The number of methoxy groups -OCH3 is 1. The fourth-order valence-corrected chi connectivity index (χ4v) is 5.67. The standard InChI is InChI=1S/C21H24F3N7O2S/c1-3-4-13-9-14-16(29-7-8-31-15(11-29)27-28-19(31)21(22,23)24)25-20(26-17(14)34-13)30-6-5-12(10-30)18(32)33-2/h9,12H,3-8,10-11H2,1-2H3/t12-/m1/s1. The number of esters is 1. The molecule has 0 bridgehead atoms. The zero-order valence-corrected chi connectivity index (χ0v) is 19.6. The molecule has 1 atom stereocenters. The van der Waals surface area contributed by atoms with Crippen LogP contribution in [-0.2, 0) is 35.2 Å². The van der Waals surface area contributed by atoms with Gasteiger partial charge in [-0.05, 0) is 18.9 Å². The molecule has 0 spiro atoms. The fourth-order valence-electron chi connectivity index (χ4n) is 4.55. The molecule has 182 valence electrons. The quantitative estimate of drug-likeness (QED) is 0.499. The summed E-state index contributed by atoms with van der Waals surface area (Å²) >= 11 is 1.60. The van der Waals surface area contributed by atoms with Gasteiger partial charge in [0, 0.05) is 31.1 Å². The number of thiophene rings is 1. The Hall–Kier alpha value is -2.96. The number of carbonyl (C=O) groups excluding carboxylic acids is 1. The predicted octanol–water partition coefficient (Wildman–Crippen LogP) is 3.27. The first kappa shape index (κ1) is 22.8. The molecule has 13 heteroatoms. The molecule has 5 heterocycles. The van der Waals surface area contributed by atoms with Gasteiger partial charge in [0.1, 0.15) is 10.6 Å². The summed E-state index contributed by atoms with van der Waals surface area (Å²) in [5.74, 6) is -0.0167. The van der Waals surface area contributed by atoms with Gasteiger partial charge < -0.3 is 19.1 Å². The third kappa shape index (κ3) is 4.05. The zero-order valence-electron chi connectivity index (χ0n) is 18.8. The van der Waals surface area contributed by atoms with Crippen molar-refractivity contribution in [1.82, 2.24) is 24.7 Å². The van der Waals surface area contributed by atoms with E-state index < -0.39 is 12.0 Å². The van der Waals surface area contributed by atoms with Crippen LogP contribution in [-0.4, -0.2) is 57.4 Å². The van der Waals surface area contributed by atoms with E-state index in [4.69, 9.17) is 14.7 Å². The van der Waals surface area contributed by atoms with E-state index in [0.29, 0.717) is 37.8 Å². The van der Waals surface area contributed by atoms with Crippen LogP contribution in [0.15, 0.2) is 6.07 Å². The number of ether oxygens (including phenoxy) is 1. The third-order valence-electron chi connectivity index (χ3n) is 6.22. The van der Waals surface area contributed by atoms with Crippen LogP contribution >= 0.6 is 11.3 Å². The average Bonchev–Trinajstić information content (AvgIpc) is 3.54. The Labute approximate surface area is 197 Å². The van der Waals surface area contributed by atoms with Gasteiger partial charge in [0.25, 0.3) is 0 Å². The number of aryl methyl sites for hydroxylation is 1. The van der Waals surface area contributed by atoms with Crippen LogP contribution in [0.3, 0.4) is 0 Å².